The number of allylic oxidation sites excluding steroid dienone is 1. The van der Waals surface area contributed by atoms with Crippen molar-refractivity contribution in [3.05, 3.63) is 47.2 Å². The Bertz CT molecular complexity index is 918. The normalized spacial score (nSPS) is 35.9. The Morgan fingerprint density at radius 3 is 2.85 bits per heavy atom. The second kappa shape index (κ2) is 5.86. The lowest BCUT2D eigenvalue weighted by molar-refractivity contribution is -0.977. The SMILES string of the molecule is C/C=C1/C[N+]2(C)[C@H]3C[C@@H]1[C@@H](C(=O)OC)[C@@H]2Cc1c3[nH]c2ccccc12.[Cl-]. The highest BCUT2D eigenvalue weighted by Gasteiger charge is 2.63. The second-order valence-corrected chi connectivity index (χ2v) is 8.11. The molecule has 0 aliphatic carbocycles. The summed E-state index contributed by atoms with van der Waals surface area (Å²) in [5.74, 6) is 0.278. The van der Waals surface area contributed by atoms with Crippen LogP contribution in [0.1, 0.15) is 30.6 Å². The molecule has 4 aliphatic heterocycles. The Morgan fingerprint density at radius 1 is 1.35 bits per heavy atom. The van der Waals surface area contributed by atoms with Gasteiger partial charge in [0.1, 0.15) is 24.5 Å². The number of hydrogen-bond acceptors (Lipinski definition) is 2. The molecule has 0 radical (unpaired) electrons. The lowest BCUT2D eigenvalue weighted by Gasteiger charge is -2.62. The van der Waals surface area contributed by atoms with Crippen LogP contribution in [0.2, 0.25) is 0 Å². The molecule has 0 amide bonds. The van der Waals surface area contributed by atoms with Gasteiger partial charge in [0, 0.05) is 29.7 Å². The first-order valence-electron chi connectivity index (χ1n) is 9.25. The maximum absolute atomic E-state index is 12.7. The second-order valence-electron chi connectivity index (χ2n) is 8.11. The van der Waals surface area contributed by atoms with E-state index in [9.17, 15) is 4.79 Å². The number of methoxy groups -OCH3 is 1. The molecule has 138 valence electrons. The molecule has 1 N–H and O–H groups in total. The van der Waals surface area contributed by atoms with Gasteiger partial charge in [-0.15, -0.1) is 0 Å². The highest BCUT2D eigenvalue weighted by atomic mass is 35.5. The number of nitrogens with one attached hydrogen (secondary N) is 1. The molecule has 3 fully saturated rings. The van der Waals surface area contributed by atoms with Gasteiger partial charge in [0.2, 0.25) is 0 Å². The van der Waals surface area contributed by atoms with E-state index in [4.69, 9.17) is 4.74 Å². The molecule has 3 saturated heterocycles. The van der Waals surface area contributed by atoms with Crippen LogP contribution in [0, 0.1) is 11.8 Å². The average molecular weight is 373 g/mol. The molecule has 0 spiro atoms. The van der Waals surface area contributed by atoms with E-state index in [-0.39, 0.29) is 24.3 Å². The van der Waals surface area contributed by atoms with Crippen LogP contribution in [0.4, 0.5) is 0 Å². The third-order valence-corrected chi connectivity index (χ3v) is 7.23. The van der Waals surface area contributed by atoms with E-state index >= 15 is 0 Å². The summed E-state index contributed by atoms with van der Waals surface area (Å²) < 4.78 is 6.18. The highest BCUT2D eigenvalue weighted by molar-refractivity contribution is 5.85. The van der Waals surface area contributed by atoms with E-state index in [0.717, 1.165) is 23.9 Å². The van der Waals surface area contributed by atoms with Crippen LogP contribution < -0.4 is 12.4 Å². The number of para-hydroxylation sites is 1. The number of benzene rings is 1. The molecule has 4 bridgehead atoms. The minimum Gasteiger partial charge on any atom is -1.00 e. The van der Waals surface area contributed by atoms with Crippen molar-refractivity contribution in [1.82, 2.24) is 4.98 Å². The number of halogens is 1. The lowest BCUT2D eigenvalue weighted by Crippen LogP contribution is -3.00. The minimum atomic E-state index is -0.0276. The van der Waals surface area contributed by atoms with Gasteiger partial charge in [0.05, 0.1) is 19.9 Å². The number of esters is 1. The van der Waals surface area contributed by atoms with Crippen LogP contribution in [-0.2, 0) is 16.0 Å². The zero-order valence-corrected chi connectivity index (χ0v) is 16.2. The number of aromatic nitrogens is 1. The van der Waals surface area contributed by atoms with Crippen molar-refractivity contribution in [2.75, 3.05) is 20.7 Å². The maximum Gasteiger partial charge on any atom is 0.315 e. The van der Waals surface area contributed by atoms with Crippen molar-refractivity contribution < 1.29 is 26.4 Å². The molecular weight excluding hydrogens is 348 g/mol. The number of aromatic amines is 1. The maximum atomic E-state index is 12.7. The van der Waals surface area contributed by atoms with E-state index < -0.39 is 0 Å². The molecule has 5 atom stereocenters. The summed E-state index contributed by atoms with van der Waals surface area (Å²) in [7, 11) is 3.88. The molecule has 4 aliphatic rings. The standard InChI is InChI=1S/C21H25N2O2.ClH/c1-4-12-11-23(2)17-10-15-13-7-5-6-8-16(13)22-20(15)18(23)9-14(12)19(17)21(24)25-3;/h4-8,14,17-19,22H,9-11H2,1-3H3;1H/q+1;/p-1/b12-4-;/t14-,17-,18-,19+,23?;/m0./s1. The number of piperidine rings is 3. The van der Waals surface area contributed by atoms with Crippen molar-refractivity contribution >= 4 is 16.9 Å². The lowest BCUT2D eigenvalue weighted by atomic mass is 9.62. The Labute approximate surface area is 160 Å². The van der Waals surface area contributed by atoms with E-state index in [1.54, 1.807) is 0 Å². The molecule has 2 aromatic rings. The third-order valence-electron chi connectivity index (χ3n) is 7.23. The van der Waals surface area contributed by atoms with Gasteiger partial charge in [0.15, 0.2) is 0 Å². The Balaban J connectivity index is 0.00000168. The first kappa shape index (κ1) is 17.6. The van der Waals surface area contributed by atoms with Gasteiger partial charge in [-0.25, -0.2) is 0 Å². The molecule has 5 heterocycles. The third kappa shape index (κ3) is 2.03. The van der Waals surface area contributed by atoms with Gasteiger partial charge >= 0.3 is 5.97 Å². The van der Waals surface area contributed by atoms with Crippen molar-refractivity contribution in [1.29, 1.82) is 0 Å². The Hall–Kier alpha value is -1.78. The van der Waals surface area contributed by atoms with Gasteiger partial charge in [-0.05, 0) is 24.1 Å². The van der Waals surface area contributed by atoms with Crippen LogP contribution >= 0.6 is 0 Å². The highest BCUT2D eigenvalue weighted by Crippen LogP contribution is 2.58. The number of hydrogen-bond donors (Lipinski definition) is 1. The molecule has 1 aromatic carbocycles. The number of rotatable bonds is 1. The number of carbonyl (C=O) groups is 1. The number of quaternary nitrogens is 1. The zero-order chi connectivity index (χ0) is 17.3. The van der Waals surface area contributed by atoms with Crippen LogP contribution in [0.25, 0.3) is 10.9 Å². The summed E-state index contributed by atoms with van der Waals surface area (Å²) in [5, 5.41) is 1.33. The summed E-state index contributed by atoms with van der Waals surface area (Å²) >= 11 is 0. The van der Waals surface area contributed by atoms with Crippen molar-refractivity contribution in [2.24, 2.45) is 11.8 Å². The van der Waals surface area contributed by atoms with Gasteiger partial charge in [-0.3, -0.25) is 4.79 Å². The molecule has 26 heavy (non-hydrogen) atoms. The molecular formula is C21H25ClN2O2. The zero-order valence-electron chi connectivity index (χ0n) is 15.5. The number of fused-ring (bicyclic) bond motifs is 4. The molecule has 1 unspecified atom stereocenters. The molecule has 1 aromatic heterocycles. The average Bonchev–Trinajstić information content (AvgIpc) is 2.98. The van der Waals surface area contributed by atoms with Gasteiger partial charge in [-0.1, -0.05) is 24.3 Å². The largest absolute Gasteiger partial charge is 1.00 e. The fraction of sp³-hybridized carbons (Fsp3) is 0.476. The summed E-state index contributed by atoms with van der Waals surface area (Å²) in [6, 6.07) is 9.35. The minimum absolute atomic E-state index is 0. The number of likely N-dealkylation sites (N-methyl/N-ethyl adjacent to an activating group) is 1. The summed E-state index contributed by atoms with van der Waals surface area (Å²) in [6.45, 7) is 3.17. The fourth-order valence-electron chi connectivity index (χ4n) is 6.06. The van der Waals surface area contributed by atoms with E-state index in [0.29, 0.717) is 18.0 Å². The molecule has 4 nitrogen and oxygen atoms in total. The van der Waals surface area contributed by atoms with E-state index in [1.807, 2.05) is 0 Å². The van der Waals surface area contributed by atoms with Crippen molar-refractivity contribution in [3.63, 3.8) is 0 Å². The number of carbonyl (C=O) groups excluding carboxylic acids is 1. The molecule has 5 heteroatoms. The topological polar surface area (TPSA) is 42.1 Å². The molecule has 6 rings (SSSR count). The predicted molar refractivity (Wildman–Crippen MR) is 97.0 cm³/mol. The van der Waals surface area contributed by atoms with Crippen molar-refractivity contribution in [2.45, 2.75) is 31.8 Å². The quantitative estimate of drug-likeness (QED) is 0.446. The van der Waals surface area contributed by atoms with Gasteiger partial charge in [-0.2, -0.15) is 0 Å². The first-order chi connectivity index (χ1) is 12.1. The number of H-pyrrole nitrogens is 1. The van der Waals surface area contributed by atoms with Gasteiger partial charge in [0.25, 0.3) is 0 Å². The van der Waals surface area contributed by atoms with E-state index in [2.05, 4.69) is 49.3 Å². The summed E-state index contributed by atoms with van der Waals surface area (Å²) in [6.07, 6.45) is 4.23. The first-order valence-corrected chi connectivity index (χ1v) is 9.25. The van der Waals surface area contributed by atoms with Crippen LogP contribution in [-0.4, -0.2) is 42.2 Å². The van der Waals surface area contributed by atoms with Crippen LogP contribution in [0.3, 0.4) is 0 Å². The summed E-state index contributed by atoms with van der Waals surface area (Å²) in [4.78, 5) is 16.4. The number of nitrogens with zero attached hydrogens (tertiary/aromatic N) is 1. The smallest absolute Gasteiger partial charge is 0.315 e. The summed E-state index contributed by atoms with van der Waals surface area (Å²) in [5.41, 5.74) is 5.50. The van der Waals surface area contributed by atoms with Crippen molar-refractivity contribution in [3.8, 4) is 0 Å². The Kier molecular flexibility index (Phi) is 3.97. The predicted octanol–water partition coefficient (Wildman–Crippen LogP) is 0.353. The Morgan fingerprint density at radius 2 is 2.12 bits per heavy atom. The van der Waals surface area contributed by atoms with Crippen LogP contribution in [0.15, 0.2) is 35.9 Å². The number of ether oxygens (including phenoxy) is 1. The monoisotopic (exact) mass is 372 g/mol. The van der Waals surface area contributed by atoms with E-state index in [1.165, 1.54) is 34.8 Å². The van der Waals surface area contributed by atoms with Gasteiger partial charge < -0.3 is 26.6 Å². The molecule has 0 saturated carbocycles. The van der Waals surface area contributed by atoms with Crippen LogP contribution in [0.5, 0.6) is 0 Å². The fourth-order valence-corrected chi connectivity index (χ4v) is 6.06.